The molecule has 0 radical (unpaired) electrons. The molecule has 2 rings (SSSR count). The molecule has 1 unspecified atom stereocenters. The molecule has 1 aliphatic rings. The largest absolute Gasteiger partial charge is 0.377 e. The maximum Gasteiger partial charge on any atom is 0.0702 e. The Hall–Kier alpha value is -1.17. The van der Waals surface area contributed by atoms with Gasteiger partial charge >= 0.3 is 0 Å². The monoisotopic (exact) mass is 250 g/mol. The molecule has 5 nitrogen and oxygen atoms in total. The Balaban J connectivity index is 1.91. The summed E-state index contributed by atoms with van der Waals surface area (Å²) in [6, 6.07) is 3.85. The SMILES string of the molecule is CCOC1CCCN(Cc2cc(NN)ccn2)C1. The highest BCUT2D eigenvalue weighted by Gasteiger charge is 2.20. The molecule has 1 atom stereocenters. The zero-order valence-electron chi connectivity index (χ0n) is 10.9. The lowest BCUT2D eigenvalue weighted by Gasteiger charge is -2.32. The smallest absolute Gasteiger partial charge is 0.0702 e. The molecule has 0 amide bonds. The van der Waals surface area contributed by atoms with Gasteiger partial charge in [0.25, 0.3) is 0 Å². The summed E-state index contributed by atoms with van der Waals surface area (Å²) in [5, 5.41) is 0. The predicted molar refractivity (Wildman–Crippen MR) is 72.0 cm³/mol. The molecule has 0 saturated carbocycles. The number of anilines is 1. The topological polar surface area (TPSA) is 63.4 Å². The first-order chi connectivity index (χ1) is 8.81. The molecular formula is C13H22N4O. The van der Waals surface area contributed by atoms with Crippen molar-refractivity contribution in [1.29, 1.82) is 0 Å². The number of nitrogens with zero attached hydrogens (tertiary/aromatic N) is 2. The highest BCUT2D eigenvalue weighted by atomic mass is 16.5. The van der Waals surface area contributed by atoms with Crippen LogP contribution >= 0.6 is 0 Å². The fraction of sp³-hybridized carbons (Fsp3) is 0.615. The number of piperidine rings is 1. The molecule has 0 aliphatic carbocycles. The van der Waals surface area contributed by atoms with Gasteiger partial charge < -0.3 is 10.2 Å². The molecule has 100 valence electrons. The van der Waals surface area contributed by atoms with Crippen molar-refractivity contribution < 1.29 is 4.74 Å². The first-order valence-electron chi connectivity index (χ1n) is 6.57. The van der Waals surface area contributed by atoms with Gasteiger partial charge in [0.15, 0.2) is 0 Å². The van der Waals surface area contributed by atoms with Crippen LogP contribution in [-0.4, -0.2) is 35.7 Å². The van der Waals surface area contributed by atoms with Crippen molar-refractivity contribution in [3.8, 4) is 0 Å². The Morgan fingerprint density at radius 3 is 3.28 bits per heavy atom. The summed E-state index contributed by atoms with van der Waals surface area (Å²) in [5.74, 6) is 5.40. The third kappa shape index (κ3) is 3.66. The second-order valence-corrected chi connectivity index (χ2v) is 4.63. The number of nitrogens with two attached hydrogens (primary N) is 1. The number of ether oxygens (including phenoxy) is 1. The number of likely N-dealkylation sites (tertiary alicyclic amines) is 1. The minimum atomic E-state index is 0.375. The Morgan fingerprint density at radius 1 is 1.61 bits per heavy atom. The van der Waals surface area contributed by atoms with Gasteiger partial charge in [-0.15, -0.1) is 0 Å². The van der Waals surface area contributed by atoms with Crippen LogP contribution in [0.15, 0.2) is 18.3 Å². The molecule has 2 heterocycles. The number of pyridine rings is 1. The maximum atomic E-state index is 5.70. The van der Waals surface area contributed by atoms with Crippen molar-refractivity contribution in [3.63, 3.8) is 0 Å². The highest BCUT2D eigenvalue weighted by Crippen LogP contribution is 2.16. The van der Waals surface area contributed by atoms with E-state index in [4.69, 9.17) is 10.6 Å². The summed E-state index contributed by atoms with van der Waals surface area (Å²) >= 11 is 0. The lowest BCUT2D eigenvalue weighted by molar-refractivity contribution is 0.00332. The summed E-state index contributed by atoms with van der Waals surface area (Å²) in [5.41, 5.74) is 4.60. The van der Waals surface area contributed by atoms with Crippen LogP contribution in [0.3, 0.4) is 0 Å². The van der Waals surface area contributed by atoms with E-state index >= 15 is 0 Å². The van der Waals surface area contributed by atoms with E-state index in [9.17, 15) is 0 Å². The molecule has 0 spiro atoms. The molecule has 1 aromatic rings. The fourth-order valence-corrected chi connectivity index (χ4v) is 2.41. The minimum Gasteiger partial charge on any atom is -0.377 e. The first kappa shape index (κ1) is 13.3. The summed E-state index contributed by atoms with van der Waals surface area (Å²) in [4.78, 5) is 6.77. The van der Waals surface area contributed by atoms with Crippen molar-refractivity contribution in [2.24, 2.45) is 5.84 Å². The average molecular weight is 250 g/mol. The van der Waals surface area contributed by atoms with Gasteiger partial charge in [0.05, 0.1) is 17.5 Å². The molecule has 0 bridgehead atoms. The van der Waals surface area contributed by atoms with Crippen molar-refractivity contribution in [2.75, 3.05) is 25.1 Å². The van der Waals surface area contributed by atoms with Gasteiger partial charge in [-0.25, -0.2) is 0 Å². The van der Waals surface area contributed by atoms with Crippen molar-refractivity contribution >= 4 is 5.69 Å². The Labute approximate surface area is 108 Å². The normalized spacial score (nSPS) is 20.9. The molecule has 1 saturated heterocycles. The maximum absolute atomic E-state index is 5.70. The average Bonchev–Trinajstić information content (AvgIpc) is 2.40. The summed E-state index contributed by atoms with van der Waals surface area (Å²) in [6.45, 7) is 5.82. The van der Waals surface area contributed by atoms with Gasteiger partial charge in [-0.1, -0.05) is 0 Å². The second-order valence-electron chi connectivity index (χ2n) is 4.63. The molecule has 1 aliphatic heterocycles. The van der Waals surface area contributed by atoms with Crippen LogP contribution in [0.5, 0.6) is 0 Å². The van der Waals surface area contributed by atoms with Gasteiger partial charge in [-0.05, 0) is 38.4 Å². The quantitative estimate of drug-likeness (QED) is 0.610. The molecule has 18 heavy (non-hydrogen) atoms. The molecule has 1 aromatic heterocycles. The third-order valence-corrected chi connectivity index (χ3v) is 3.23. The number of nitrogens with one attached hydrogen (secondary N) is 1. The van der Waals surface area contributed by atoms with Crippen LogP contribution < -0.4 is 11.3 Å². The Bertz CT molecular complexity index is 370. The van der Waals surface area contributed by atoms with E-state index in [2.05, 4.69) is 22.2 Å². The van der Waals surface area contributed by atoms with E-state index < -0.39 is 0 Å². The highest BCUT2D eigenvalue weighted by molar-refractivity contribution is 5.41. The van der Waals surface area contributed by atoms with Crippen molar-refractivity contribution in [3.05, 3.63) is 24.0 Å². The fourth-order valence-electron chi connectivity index (χ4n) is 2.41. The van der Waals surface area contributed by atoms with Crippen molar-refractivity contribution in [1.82, 2.24) is 9.88 Å². The number of rotatable bonds is 5. The van der Waals surface area contributed by atoms with Gasteiger partial charge in [0.2, 0.25) is 0 Å². The Kier molecular flexibility index (Phi) is 4.92. The minimum absolute atomic E-state index is 0.375. The number of nitrogen functional groups attached to an aromatic ring is 1. The second kappa shape index (κ2) is 6.68. The van der Waals surface area contributed by atoms with E-state index in [1.807, 2.05) is 12.1 Å². The Morgan fingerprint density at radius 2 is 2.50 bits per heavy atom. The van der Waals surface area contributed by atoms with E-state index in [1.165, 1.54) is 12.8 Å². The van der Waals surface area contributed by atoms with Crippen molar-refractivity contribution in [2.45, 2.75) is 32.4 Å². The molecule has 5 heteroatoms. The summed E-state index contributed by atoms with van der Waals surface area (Å²) < 4.78 is 5.70. The van der Waals surface area contributed by atoms with E-state index in [-0.39, 0.29) is 0 Å². The lowest BCUT2D eigenvalue weighted by Crippen LogP contribution is -2.39. The van der Waals surface area contributed by atoms with Gasteiger partial charge in [0.1, 0.15) is 0 Å². The molecular weight excluding hydrogens is 228 g/mol. The predicted octanol–water partition coefficient (Wildman–Crippen LogP) is 1.37. The van der Waals surface area contributed by atoms with E-state index in [0.717, 1.165) is 37.6 Å². The summed E-state index contributed by atoms with van der Waals surface area (Å²) in [7, 11) is 0. The molecule has 3 N–H and O–H groups in total. The summed E-state index contributed by atoms with van der Waals surface area (Å²) in [6.07, 6.45) is 4.52. The number of hydrogen-bond acceptors (Lipinski definition) is 5. The molecule has 0 aromatic carbocycles. The number of hydrazine groups is 1. The van der Waals surface area contributed by atoms with Gasteiger partial charge in [0, 0.05) is 25.9 Å². The van der Waals surface area contributed by atoms with E-state index in [1.54, 1.807) is 6.20 Å². The van der Waals surface area contributed by atoms with Gasteiger partial charge in [-0.3, -0.25) is 15.7 Å². The van der Waals surface area contributed by atoms with Crippen LogP contribution in [0.25, 0.3) is 0 Å². The number of aromatic nitrogens is 1. The van der Waals surface area contributed by atoms with Gasteiger partial charge in [-0.2, -0.15) is 0 Å². The lowest BCUT2D eigenvalue weighted by atomic mass is 10.1. The van der Waals surface area contributed by atoms with Crippen LogP contribution in [0.4, 0.5) is 5.69 Å². The van der Waals surface area contributed by atoms with Crippen LogP contribution in [0.2, 0.25) is 0 Å². The zero-order chi connectivity index (χ0) is 12.8. The van der Waals surface area contributed by atoms with E-state index in [0.29, 0.717) is 6.10 Å². The van der Waals surface area contributed by atoms with Crippen LogP contribution in [0.1, 0.15) is 25.5 Å². The zero-order valence-corrected chi connectivity index (χ0v) is 10.9. The number of hydrogen-bond donors (Lipinski definition) is 2. The third-order valence-electron chi connectivity index (χ3n) is 3.23. The van der Waals surface area contributed by atoms with Crippen LogP contribution in [0, 0.1) is 0 Å². The molecule has 1 fully saturated rings. The van der Waals surface area contributed by atoms with Crippen LogP contribution in [-0.2, 0) is 11.3 Å². The first-order valence-corrected chi connectivity index (χ1v) is 6.57. The standard InChI is InChI=1S/C13H22N4O/c1-2-18-13-4-3-7-17(10-13)9-12-8-11(16-14)5-6-15-12/h5-6,8,13H,2-4,7,9-10,14H2,1H3,(H,15,16).